The molecule has 1 amide bonds. The maximum Gasteiger partial charge on any atom is 0.323 e. The lowest BCUT2D eigenvalue weighted by Gasteiger charge is -2.34. The van der Waals surface area contributed by atoms with Crippen LogP contribution in [0.5, 0.6) is 0 Å². The molecule has 1 aromatic heterocycles. The summed E-state index contributed by atoms with van der Waals surface area (Å²) in [7, 11) is 0. The van der Waals surface area contributed by atoms with Crippen LogP contribution in [-0.2, 0) is 16.1 Å². The van der Waals surface area contributed by atoms with Gasteiger partial charge >= 0.3 is 5.97 Å². The Hall–Kier alpha value is -2.74. The molecule has 178 valence electrons. The topological polar surface area (TPSA) is 73.4 Å². The number of benzene rings is 3. The second kappa shape index (κ2) is 9.37. The number of likely N-dealkylation sites (tertiary alicyclic amines) is 1. The molecule has 5 nitrogen and oxygen atoms in total. The molecule has 3 aromatic carbocycles. The number of hydrogen-bond acceptors (Lipinski definition) is 3. The molecule has 1 fully saturated rings. The van der Waals surface area contributed by atoms with E-state index in [0.717, 1.165) is 37.0 Å². The highest BCUT2D eigenvalue weighted by Crippen LogP contribution is 2.54. The molecule has 5 rings (SSSR count). The molecule has 4 aromatic rings. The normalized spacial score (nSPS) is 20.0. The number of amides is 1. The van der Waals surface area contributed by atoms with E-state index in [1.54, 1.807) is 11.0 Å². The van der Waals surface area contributed by atoms with Crippen LogP contribution in [0.2, 0.25) is 5.02 Å². The number of carboxylic acids is 1. The van der Waals surface area contributed by atoms with E-state index in [2.05, 4.69) is 20.9 Å². The second-order valence-corrected chi connectivity index (χ2v) is 11.5. The first-order valence-electron chi connectivity index (χ1n) is 11.1. The number of fused-ring (bicyclic) bond motifs is 1. The molecule has 0 aliphatic carbocycles. The summed E-state index contributed by atoms with van der Waals surface area (Å²) < 4.78 is -0.468. The lowest BCUT2D eigenvalue weighted by atomic mass is 9.92. The van der Waals surface area contributed by atoms with E-state index >= 15 is 0 Å². The highest BCUT2D eigenvalue weighted by atomic mass is 79.9. The highest BCUT2D eigenvalue weighted by molar-refractivity contribution is 9.10. The molecule has 2 atom stereocenters. The Morgan fingerprint density at radius 3 is 2.57 bits per heavy atom. The number of aromatic amines is 1. The fourth-order valence-electron chi connectivity index (χ4n) is 4.70. The third-order valence-corrected chi connectivity index (χ3v) is 8.59. The number of halogens is 2. The summed E-state index contributed by atoms with van der Waals surface area (Å²) in [5, 5.41) is 12.1. The smallest absolute Gasteiger partial charge is 0.323 e. The van der Waals surface area contributed by atoms with Crippen LogP contribution >= 0.6 is 39.3 Å². The van der Waals surface area contributed by atoms with Crippen molar-refractivity contribution in [2.45, 2.75) is 35.6 Å². The molecule has 1 aliphatic heterocycles. The number of nitrogens with one attached hydrogen (secondary N) is 1. The molecule has 8 heteroatoms. The standard InChI is InChI=1S/C27H22BrClN2O3S/c1-16-2-9-20(10-3-16)35-27(26(33)34)13-24(32)31(15-17-4-6-18(28)7-5-17)25(27)22-14-30-23-12-19(29)8-11-21(22)23/h2-12,14,25,30H,13,15H2,1H3,(H,33,34). The highest BCUT2D eigenvalue weighted by Gasteiger charge is 2.59. The number of aromatic nitrogens is 1. The van der Waals surface area contributed by atoms with Crippen LogP contribution in [0, 0.1) is 6.92 Å². The van der Waals surface area contributed by atoms with Crippen LogP contribution < -0.4 is 0 Å². The van der Waals surface area contributed by atoms with E-state index in [1.165, 1.54) is 11.8 Å². The van der Waals surface area contributed by atoms with Crippen LogP contribution in [0.4, 0.5) is 0 Å². The third-order valence-electron chi connectivity index (χ3n) is 6.41. The second-order valence-electron chi connectivity index (χ2n) is 8.77. The average Bonchev–Trinajstić information content (AvgIpc) is 3.35. The summed E-state index contributed by atoms with van der Waals surface area (Å²) in [5.41, 5.74) is 3.58. The van der Waals surface area contributed by atoms with Crippen molar-refractivity contribution in [3.63, 3.8) is 0 Å². The van der Waals surface area contributed by atoms with Crippen molar-refractivity contribution in [3.05, 3.63) is 99.1 Å². The first-order valence-corrected chi connectivity index (χ1v) is 13.0. The van der Waals surface area contributed by atoms with Gasteiger partial charge < -0.3 is 15.0 Å². The van der Waals surface area contributed by atoms with E-state index in [9.17, 15) is 14.7 Å². The number of rotatable bonds is 6. The molecule has 0 saturated carbocycles. The van der Waals surface area contributed by atoms with E-state index in [4.69, 9.17) is 11.6 Å². The fourth-order valence-corrected chi connectivity index (χ4v) is 6.47. The summed E-state index contributed by atoms with van der Waals surface area (Å²) in [6, 6.07) is 20.2. The summed E-state index contributed by atoms with van der Waals surface area (Å²) in [5.74, 6) is -1.20. The number of nitrogens with zero attached hydrogens (tertiary/aromatic N) is 1. The molecule has 2 unspecified atom stereocenters. The van der Waals surface area contributed by atoms with Gasteiger partial charge in [-0.3, -0.25) is 9.59 Å². The predicted molar refractivity (Wildman–Crippen MR) is 143 cm³/mol. The number of aliphatic carboxylic acids is 1. The van der Waals surface area contributed by atoms with Gasteiger partial charge in [-0.05, 0) is 48.9 Å². The molecular formula is C27H22BrClN2O3S. The van der Waals surface area contributed by atoms with Gasteiger partial charge in [-0.1, -0.05) is 63.4 Å². The lowest BCUT2D eigenvalue weighted by Crippen LogP contribution is -2.41. The zero-order valence-electron chi connectivity index (χ0n) is 18.8. The molecule has 0 bridgehead atoms. The number of thioether (sulfide) groups is 1. The zero-order chi connectivity index (χ0) is 24.7. The number of carbonyl (C=O) groups is 2. The number of carbonyl (C=O) groups excluding carboxylic acids is 1. The van der Waals surface area contributed by atoms with Crippen molar-refractivity contribution in [1.82, 2.24) is 9.88 Å². The van der Waals surface area contributed by atoms with Crippen LogP contribution in [0.3, 0.4) is 0 Å². The first-order chi connectivity index (χ1) is 16.8. The molecule has 1 saturated heterocycles. The van der Waals surface area contributed by atoms with Gasteiger partial charge in [0.05, 0.1) is 12.5 Å². The van der Waals surface area contributed by atoms with Crippen molar-refractivity contribution < 1.29 is 14.7 Å². The molecular weight excluding hydrogens is 548 g/mol. The van der Waals surface area contributed by atoms with Gasteiger partial charge in [0, 0.05) is 43.6 Å². The molecule has 35 heavy (non-hydrogen) atoms. The van der Waals surface area contributed by atoms with Gasteiger partial charge in [-0.25, -0.2) is 0 Å². The molecule has 0 radical (unpaired) electrons. The number of H-pyrrole nitrogens is 1. The quantitative estimate of drug-likeness (QED) is 0.263. The Kier molecular flexibility index (Phi) is 6.42. The zero-order valence-corrected chi connectivity index (χ0v) is 22.0. The summed E-state index contributed by atoms with van der Waals surface area (Å²) in [6.07, 6.45) is 1.70. The number of aryl methyl sites for hydroxylation is 1. The predicted octanol–water partition coefficient (Wildman–Crippen LogP) is 6.98. The van der Waals surface area contributed by atoms with E-state index in [1.807, 2.05) is 73.8 Å². The van der Waals surface area contributed by atoms with Gasteiger partial charge in [0.25, 0.3) is 0 Å². The lowest BCUT2D eigenvalue weighted by molar-refractivity contribution is -0.140. The van der Waals surface area contributed by atoms with Crippen LogP contribution in [0.15, 0.2) is 82.3 Å². The third kappa shape index (κ3) is 4.48. The van der Waals surface area contributed by atoms with Gasteiger partial charge in [0.1, 0.15) is 0 Å². The van der Waals surface area contributed by atoms with Gasteiger partial charge in [-0.15, -0.1) is 11.8 Å². The Balaban J connectivity index is 1.66. The maximum atomic E-state index is 13.5. The minimum atomic E-state index is -1.41. The van der Waals surface area contributed by atoms with Crippen molar-refractivity contribution in [2.75, 3.05) is 0 Å². The Labute approximate surface area is 220 Å². The summed E-state index contributed by atoms with van der Waals surface area (Å²) >= 11 is 10.9. The largest absolute Gasteiger partial charge is 0.480 e. The molecule has 2 heterocycles. The summed E-state index contributed by atoms with van der Waals surface area (Å²) in [6.45, 7) is 2.29. The average molecular weight is 570 g/mol. The van der Waals surface area contributed by atoms with Gasteiger partial charge in [0.15, 0.2) is 4.75 Å². The first kappa shape index (κ1) is 24.0. The van der Waals surface area contributed by atoms with E-state index in [0.29, 0.717) is 11.6 Å². The maximum absolute atomic E-state index is 13.5. The van der Waals surface area contributed by atoms with Gasteiger partial charge in [-0.2, -0.15) is 0 Å². The minimum absolute atomic E-state index is 0.109. The fraction of sp³-hybridized carbons (Fsp3) is 0.185. The summed E-state index contributed by atoms with van der Waals surface area (Å²) in [4.78, 5) is 32.3. The van der Waals surface area contributed by atoms with Gasteiger partial charge in [0.2, 0.25) is 5.91 Å². The molecule has 2 N–H and O–H groups in total. The molecule has 1 aliphatic rings. The van der Waals surface area contributed by atoms with Crippen molar-refractivity contribution >= 4 is 62.1 Å². The molecule has 0 spiro atoms. The van der Waals surface area contributed by atoms with E-state index < -0.39 is 16.8 Å². The SMILES string of the molecule is Cc1ccc(SC2(C(=O)O)CC(=O)N(Cc3ccc(Br)cc3)C2c2c[nH]c3cc(Cl)ccc23)cc1. The van der Waals surface area contributed by atoms with E-state index in [-0.39, 0.29) is 12.3 Å². The minimum Gasteiger partial charge on any atom is -0.480 e. The van der Waals surface area contributed by atoms with Crippen molar-refractivity contribution in [1.29, 1.82) is 0 Å². The Morgan fingerprint density at radius 2 is 1.89 bits per heavy atom. The number of carboxylic acid groups (broad SMARTS) is 1. The van der Waals surface area contributed by atoms with Crippen LogP contribution in [0.1, 0.15) is 29.2 Å². The Bertz CT molecular complexity index is 1420. The van der Waals surface area contributed by atoms with Crippen molar-refractivity contribution in [2.24, 2.45) is 0 Å². The Morgan fingerprint density at radius 1 is 1.17 bits per heavy atom. The number of hydrogen-bond donors (Lipinski definition) is 2. The van der Waals surface area contributed by atoms with Crippen LogP contribution in [0.25, 0.3) is 10.9 Å². The monoisotopic (exact) mass is 568 g/mol. The van der Waals surface area contributed by atoms with Crippen molar-refractivity contribution in [3.8, 4) is 0 Å². The van der Waals surface area contributed by atoms with Crippen LogP contribution in [-0.4, -0.2) is 31.6 Å².